The molecular formula is C25H20N2O4. The van der Waals surface area contributed by atoms with E-state index in [4.69, 9.17) is 9.47 Å². The van der Waals surface area contributed by atoms with E-state index in [2.05, 4.69) is 5.32 Å². The molecule has 0 fully saturated rings. The Hall–Kier alpha value is -4.37. The van der Waals surface area contributed by atoms with Crippen LogP contribution in [0, 0.1) is 18.3 Å². The summed E-state index contributed by atoms with van der Waals surface area (Å²) >= 11 is 0. The Morgan fingerprint density at radius 3 is 2.32 bits per heavy atom. The second-order valence-corrected chi connectivity index (χ2v) is 6.66. The lowest BCUT2D eigenvalue weighted by Gasteiger charge is -2.10. The molecule has 154 valence electrons. The highest BCUT2D eigenvalue weighted by Crippen LogP contribution is 2.30. The molecule has 0 aliphatic rings. The summed E-state index contributed by atoms with van der Waals surface area (Å²) in [6, 6.07) is 22.5. The number of carbonyl (C=O) groups excluding carboxylic acids is 2. The van der Waals surface area contributed by atoms with Crippen molar-refractivity contribution >= 4 is 23.6 Å². The van der Waals surface area contributed by atoms with E-state index in [-0.39, 0.29) is 11.3 Å². The number of aryl methyl sites for hydroxylation is 1. The molecule has 6 heteroatoms. The Morgan fingerprint density at radius 1 is 0.968 bits per heavy atom. The first-order chi connectivity index (χ1) is 15.0. The molecule has 0 spiro atoms. The van der Waals surface area contributed by atoms with Crippen LogP contribution in [-0.2, 0) is 4.79 Å². The van der Waals surface area contributed by atoms with Crippen molar-refractivity contribution in [2.75, 3.05) is 12.4 Å². The first-order valence-corrected chi connectivity index (χ1v) is 9.45. The molecule has 0 unspecified atom stereocenters. The van der Waals surface area contributed by atoms with Gasteiger partial charge in [-0.15, -0.1) is 0 Å². The number of benzene rings is 3. The number of nitrogens with one attached hydrogen (secondary N) is 1. The summed E-state index contributed by atoms with van der Waals surface area (Å²) in [5.74, 6) is -0.545. The number of para-hydroxylation sites is 1. The van der Waals surface area contributed by atoms with Crippen LogP contribution in [0.4, 0.5) is 5.69 Å². The Labute approximate surface area is 180 Å². The zero-order valence-corrected chi connectivity index (χ0v) is 17.1. The molecule has 1 N–H and O–H groups in total. The van der Waals surface area contributed by atoms with Gasteiger partial charge in [0, 0.05) is 5.69 Å². The van der Waals surface area contributed by atoms with E-state index >= 15 is 0 Å². The van der Waals surface area contributed by atoms with E-state index in [0.29, 0.717) is 22.6 Å². The lowest BCUT2D eigenvalue weighted by Crippen LogP contribution is -2.13. The number of rotatable bonds is 6. The highest BCUT2D eigenvalue weighted by Gasteiger charge is 2.14. The standard InChI is InChI=1S/C25H20N2O4/c1-17-8-11-19(12-9-17)25(29)31-23-15-18(10-13-22(23)30-2)14-20(16-26)24(28)27-21-6-4-3-5-7-21/h3-15H,1-2H3,(H,27,28)/b20-14+. The van der Waals surface area contributed by atoms with Crippen LogP contribution in [0.15, 0.2) is 78.4 Å². The number of nitriles is 1. The molecule has 6 nitrogen and oxygen atoms in total. The first kappa shape index (κ1) is 21.3. The van der Waals surface area contributed by atoms with E-state index in [0.717, 1.165) is 5.56 Å². The third kappa shape index (κ3) is 5.58. The molecule has 0 aliphatic carbocycles. The second kappa shape index (κ2) is 9.90. The van der Waals surface area contributed by atoms with Crippen LogP contribution in [0.3, 0.4) is 0 Å². The molecular weight excluding hydrogens is 392 g/mol. The van der Waals surface area contributed by atoms with Gasteiger partial charge in [0.05, 0.1) is 12.7 Å². The Kier molecular flexibility index (Phi) is 6.82. The summed E-state index contributed by atoms with van der Waals surface area (Å²) in [5, 5.41) is 12.1. The highest BCUT2D eigenvalue weighted by atomic mass is 16.6. The van der Waals surface area contributed by atoms with Crippen LogP contribution in [0.2, 0.25) is 0 Å². The van der Waals surface area contributed by atoms with Crippen molar-refractivity contribution in [1.82, 2.24) is 0 Å². The Morgan fingerprint density at radius 2 is 1.68 bits per heavy atom. The fourth-order valence-corrected chi connectivity index (χ4v) is 2.75. The maximum absolute atomic E-state index is 12.5. The van der Waals surface area contributed by atoms with Crippen molar-refractivity contribution in [3.63, 3.8) is 0 Å². The fourth-order valence-electron chi connectivity index (χ4n) is 2.75. The van der Waals surface area contributed by atoms with Gasteiger partial charge in [-0.05, 0) is 55.0 Å². The number of hydrogen-bond acceptors (Lipinski definition) is 5. The lowest BCUT2D eigenvalue weighted by atomic mass is 10.1. The van der Waals surface area contributed by atoms with Crippen LogP contribution in [0.25, 0.3) is 6.08 Å². The van der Waals surface area contributed by atoms with Crippen LogP contribution >= 0.6 is 0 Å². The maximum atomic E-state index is 12.5. The molecule has 3 aromatic rings. The van der Waals surface area contributed by atoms with Gasteiger partial charge >= 0.3 is 5.97 Å². The number of anilines is 1. The summed E-state index contributed by atoms with van der Waals surface area (Å²) in [6.07, 6.45) is 1.42. The molecule has 0 heterocycles. The minimum Gasteiger partial charge on any atom is -0.493 e. The molecule has 3 aromatic carbocycles. The van der Waals surface area contributed by atoms with E-state index < -0.39 is 11.9 Å². The van der Waals surface area contributed by atoms with Gasteiger partial charge in [0.25, 0.3) is 5.91 Å². The topological polar surface area (TPSA) is 88.4 Å². The number of amides is 1. The van der Waals surface area contributed by atoms with Gasteiger partial charge in [-0.2, -0.15) is 5.26 Å². The third-order valence-corrected chi connectivity index (χ3v) is 4.39. The number of ether oxygens (including phenoxy) is 2. The quantitative estimate of drug-likeness (QED) is 0.273. The monoisotopic (exact) mass is 412 g/mol. The zero-order valence-electron chi connectivity index (χ0n) is 17.1. The first-order valence-electron chi connectivity index (χ1n) is 9.45. The predicted octanol–water partition coefficient (Wildman–Crippen LogP) is 4.77. The van der Waals surface area contributed by atoms with Gasteiger partial charge in [-0.1, -0.05) is 42.0 Å². The third-order valence-electron chi connectivity index (χ3n) is 4.39. The highest BCUT2D eigenvalue weighted by molar-refractivity contribution is 6.09. The zero-order chi connectivity index (χ0) is 22.2. The minimum atomic E-state index is -0.540. The van der Waals surface area contributed by atoms with Gasteiger partial charge in [0.15, 0.2) is 11.5 Å². The summed E-state index contributed by atoms with van der Waals surface area (Å²) in [5.41, 5.74) is 2.42. The number of nitrogens with zero attached hydrogens (tertiary/aromatic N) is 1. The fraction of sp³-hybridized carbons (Fsp3) is 0.0800. The molecule has 0 atom stereocenters. The molecule has 0 aliphatic heterocycles. The average molecular weight is 412 g/mol. The normalized spacial score (nSPS) is 10.7. The average Bonchev–Trinajstić information content (AvgIpc) is 2.78. The molecule has 31 heavy (non-hydrogen) atoms. The van der Waals surface area contributed by atoms with E-state index in [9.17, 15) is 14.9 Å². The van der Waals surface area contributed by atoms with Gasteiger partial charge in [0.1, 0.15) is 11.6 Å². The second-order valence-electron chi connectivity index (χ2n) is 6.66. The van der Waals surface area contributed by atoms with Gasteiger partial charge in [-0.3, -0.25) is 4.79 Å². The van der Waals surface area contributed by atoms with Crippen LogP contribution in [0.1, 0.15) is 21.5 Å². The summed E-state index contributed by atoms with van der Waals surface area (Å²) in [6.45, 7) is 1.93. The lowest BCUT2D eigenvalue weighted by molar-refractivity contribution is -0.112. The molecule has 0 saturated heterocycles. The van der Waals surface area contributed by atoms with Gasteiger partial charge in [0.2, 0.25) is 0 Å². The number of esters is 1. The molecule has 0 saturated carbocycles. The van der Waals surface area contributed by atoms with Crippen molar-refractivity contribution in [1.29, 1.82) is 5.26 Å². The molecule has 1 amide bonds. The van der Waals surface area contributed by atoms with Gasteiger partial charge < -0.3 is 14.8 Å². The van der Waals surface area contributed by atoms with Crippen LogP contribution in [0.5, 0.6) is 11.5 Å². The molecule has 3 rings (SSSR count). The van der Waals surface area contributed by atoms with Crippen LogP contribution in [-0.4, -0.2) is 19.0 Å². The predicted molar refractivity (Wildman–Crippen MR) is 118 cm³/mol. The van der Waals surface area contributed by atoms with Crippen molar-refractivity contribution in [3.05, 3.63) is 95.1 Å². The van der Waals surface area contributed by atoms with Crippen molar-refractivity contribution in [3.8, 4) is 17.6 Å². The number of carbonyl (C=O) groups is 2. The molecule has 0 aromatic heterocycles. The van der Waals surface area contributed by atoms with Crippen molar-refractivity contribution in [2.45, 2.75) is 6.92 Å². The molecule has 0 bridgehead atoms. The van der Waals surface area contributed by atoms with Crippen molar-refractivity contribution in [2.24, 2.45) is 0 Å². The molecule has 0 radical (unpaired) electrons. The minimum absolute atomic E-state index is 0.0927. The Bertz CT molecular complexity index is 1160. The number of methoxy groups -OCH3 is 1. The number of hydrogen-bond donors (Lipinski definition) is 1. The summed E-state index contributed by atoms with van der Waals surface area (Å²) in [4.78, 5) is 24.9. The Balaban J connectivity index is 1.84. The maximum Gasteiger partial charge on any atom is 0.343 e. The SMILES string of the molecule is COc1ccc(/C=C(\C#N)C(=O)Nc2ccccc2)cc1OC(=O)c1ccc(C)cc1. The largest absolute Gasteiger partial charge is 0.493 e. The van der Waals surface area contributed by atoms with E-state index in [1.54, 1.807) is 48.5 Å². The van der Waals surface area contributed by atoms with Crippen LogP contribution < -0.4 is 14.8 Å². The summed E-state index contributed by atoms with van der Waals surface area (Å²) in [7, 11) is 1.46. The van der Waals surface area contributed by atoms with E-state index in [1.165, 1.54) is 19.3 Å². The van der Waals surface area contributed by atoms with Gasteiger partial charge in [-0.25, -0.2) is 4.79 Å². The van der Waals surface area contributed by atoms with E-state index in [1.807, 2.05) is 31.2 Å². The summed E-state index contributed by atoms with van der Waals surface area (Å²) < 4.78 is 10.8. The van der Waals surface area contributed by atoms with Crippen molar-refractivity contribution < 1.29 is 19.1 Å². The smallest absolute Gasteiger partial charge is 0.343 e.